The van der Waals surface area contributed by atoms with Crippen molar-refractivity contribution in [3.05, 3.63) is 111 Å². The van der Waals surface area contributed by atoms with Crippen molar-refractivity contribution in [2.24, 2.45) is 4.99 Å². The van der Waals surface area contributed by atoms with Crippen molar-refractivity contribution in [3.63, 3.8) is 0 Å². The van der Waals surface area contributed by atoms with E-state index in [1.807, 2.05) is 47.9 Å². The molecule has 0 radical (unpaired) electrons. The summed E-state index contributed by atoms with van der Waals surface area (Å²) in [5.41, 5.74) is 3.49. The van der Waals surface area contributed by atoms with Crippen LogP contribution >= 0.6 is 35.0 Å². The van der Waals surface area contributed by atoms with E-state index in [0.717, 1.165) is 22.4 Å². The summed E-state index contributed by atoms with van der Waals surface area (Å²) < 4.78 is 5.82. The third-order valence-electron chi connectivity index (χ3n) is 5.32. The third-order valence-corrected chi connectivity index (χ3v) is 6.85. The molecule has 0 saturated heterocycles. The lowest BCUT2D eigenvalue weighted by Gasteiger charge is -2.26. The molecule has 34 heavy (non-hydrogen) atoms. The van der Waals surface area contributed by atoms with Gasteiger partial charge in [-0.15, -0.1) is 0 Å². The van der Waals surface area contributed by atoms with E-state index < -0.39 is 5.91 Å². The lowest BCUT2D eigenvalue weighted by Crippen LogP contribution is -2.37. The summed E-state index contributed by atoms with van der Waals surface area (Å²) in [6, 6.07) is 22.3. The predicted molar refractivity (Wildman–Crippen MR) is 139 cm³/mol. The van der Waals surface area contributed by atoms with Crippen LogP contribution in [0.4, 0.5) is 0 Å². The molecular weight excluding hydrogens is 489 g/mol. The van der Waals surface area contributed by atoms with Gasteiger partial charge < -0.3 is 4.74 Å². The Morgan fingerprint density at radius 1 is 0.971 bits per heavy atom. The van der Waals surface area contributed by atoms with Gasteiger partial charge in [-0.3, -0.25) is 15.1 Å². The molecule has 0 aliphatic carbocycles. The summed E-state index contributed by atoms with van der Waals surface area (Å²) in [4.78, 5) is 18.6. The smallest absolute Gasteiger partial charge is 0.283 e. The average Bonchev–Trinajstić information content (AvgIpc) is 3.27. The molecule has 8 heteroatoms. The molecule has 2 aliphatic rings. The number of amides is 1. The molecule has 2 heterocycles. The van der Waals surface area contributed by atoms with E-state index in [4.69, 9.17) is 33.3 Å². The summed E-state index contributed by atoms with van der Waals surface area (Å²) in [6.45, 7) is 0.237. The van der Waals surface area contributed by atoms with Crippen molar-refractivity contribution in [2.75, 3.05) is 0 Å². The highest BCUT2D eigenvalue weighted by atomic mass is 35.5. The number of carbonyl (C=O) groups excluding carboxylic acids is 1. The van der Waals surface area contributed by atoms with Gasteiger partial charge in [-0.2, -0.15) is 4.99 Å². The van der Waals surface area contributed by atoms with E-state index in [-0.39, 0.29) is 18.0 Å². The van der Waals surface area contributed by atoms with Crippen molar-refractivity contribution in [2.45, 2.75) is 6.61 Å². The minimum atomic E-state index is -0.430. The van der Waals surface area contributed by atoms with E-state index in [9.17, 15) is 4.79 Å². The Morgan fingerprint density at radius 2 is 1.68 bits per heavy atom. The fourth-order valence-corrected chi connectivity index (χ4v) is 4.96. The second kappa shape index (κ2) is 9.50. The van der Waals surface area contributed by atoms with Gasteiger partial charge in [0.1, 0.15) is 18.2 Å². The molecule has 0 aromatic heterocycles. The molecule has 5 rings (SSSR count). The molecule has 0 unspecified atom stereocenters. The monoisotopic (exact) mass is 505 g/mol. The lowest BCUT2D eigenvalue weighted by atomic mass is 10.1. The minimum Gasteiger partial charge on any atom is -0.489 e. The Balaban J connectivity index is 1.35. The molecule has 0 saturated carbocycles. The van der Waals surface area contributed by atoms with Gasteiger partial charge >= 0.3 is 0 Å². The number of nitrogens with zero attached hydrogens (tertiary/aromatic N) is 2. The number of halogens is 2. The number of nitrogens with one attached hydrogen (secondary N) is 1. The van der Waals surface area contributed by atoms with Crippen molar-refractivity contribution in [3.8, 4) is 5.75 Å². The quantitative estimate of drug-likeness (QED) is 0.384. The number of benzene rings is 3. The molecule has 3 aromatic rings. The van der Waals surface area contributed by atoms with Crippen LogP contribution in [0.5, 0.6) is 5.75 Å². The zero-order chi connectivity index (χ0) is 23.7. The molecule has 0 bridgehead atoms. The van der Waals surface area contributed by atoms with Crippen LogP contribution in [-0.2, 0) is 11.4 Å². The molecule has 3 aromatic carbocycles. The zero-order valence-electron chi connectivity index (χ0n) is 17.7. The molecule has 2 aliphatic heterocycles. The van der Waals surface area contributed by atoms with Crippen LogP contribution in [0, 0.1) is 5.41 Å². The molecule has 0 spiro atoms. The molecule has 1 amide bonds. The van der Waals surface area contributed by atoms with Crippen LogP contribution in [0.1, 0.15) is 16.7 Å². The SMILES string of the molecule is N=C1/C(=C/c2ccc(OCc3c(Cl)cccc3Cl)cc2)C(=O)N=C2SC=C(c3ccccc3)N12. The second-order valence-corrected chi connectivity index (χ2v) is 9.14. The maximum absolute atomic E-state index is 12.7. The number of hydrogen-bond acceptors (Lipinski definition) is 4. The van der Waals surface area contributed by atoms with Gasteiger partial charge in [0.05, 0.1) is 11.3 Å². The largest absolute Gasteiger partial charge is 0.489 e. The first-order valence-electron chi connectivity index (χ1n) is 10.3. The van der Waals surface area contributed by atoms with Gasteiger partial charge in [0, 0.05) is 21.0 Å². The second-order valence-electron chi connectivity index (χ2n) is 7.49. The van der Waals surface area contributed by atoms with Gasteiger partial charge in [-0.05, 0) is 41.5 Å². The maximum Gasteiger partial charge on any atom is 0.283 e. The number of hydrogen-bond donors (Lipinski definition) is 1. The van der Waals surface area contributed by atoms with E-state index in [1.165, 1.54) is 11.8 Å². The van der Waals surface area contributed by atoms with Crippen LogP contribution in [-0.4, -0.2) is 21.8 Å². The van der Waals surface area contributed by atoms with Crippen LogP contribution in [0.2, 0.25) is 10.0 Å². The Bertz CT molecular complexity index is 1360. The Kier molecular flexibility index (Phi) is 6.28. The van der Waals surface area contributed by atoms with Gasteiger partial charge in [0.15, 0.2) is 5.17 Å². The summed E-state index contributed by atoms with van der Waals surface area (Å²) in [7, 11) is 0. The third kappa shape index (κ3) is 4.40. The Hall–Kier alpha value is -3.32. The van der Waals surface area contributed by atoms with Gasteiger partial charge in [0.25, 0.3) is 5.91 Å². The van der Waals surface area contributed by atoms with E-state index >= 15 is 0 Å². The van der Waals surface area contributed by atoms with Crippen LogP contribution in [0.25, 0.3) is 11.8 Å². The molecule has 168 valence electrons. The fourth-order valence-electron chi connectivity index (χ4n) is 3.57. The first-order valence-corrected chi connectivity index (χ1v) is 12.0. The number of rotatable bonds is 5. The maximum atomic E-state index is 12.7. The normalized spacial score (nSPS) is 16.4. The number of fused-ring (bicyclic) bond motifs is 1. The van der Waals surface area contributed by atoms with Gasteiger partial charge in [-0.1, -0.05) is 83.5 Å². The molecular formula is C26H17Cl2N3O2S. The number of thioether (sulfide) groups is 1. The highest BCUT2D eigenvalue weighted by Crippen LogP contribution is 2.37. The van der Waals surface area contributed by atoms with Crippen LogP contribution < -0.4 is 4.74 Å². The summed E-state index contributed by atoms with van der Waals surface area (Å²) >= 11 is 13.7. The lowest BCUT2D eigenvalue weighted by molar-refractivity contribution is -0.114. The Morgan fingerprint density at radius 3 is 2.38 bits per heavy atom. The van der Waals surface area contributed by atoms with Gasteiger partial charge in [0.2, 0.25) is 0 Å². The highest BCUT2D eigenvalue weighted by molar-refractivity contribution is 8.17. The molecule has 1 N–H and O–H groups in total. The highest BCUT2D eigenvalue weighted by Gasteiger charge is 2.36. The first kappa shape index (κ1) is 22.5. The topological polar surface area (TPSA) is 65.8 Å². The zero-order valence-corrected chi connectivity index (χ0v) is 20.0. The number of ether oxygens (including phenoxy) is 1. The van der Waals surface area contributed by atoms with E-state index in [0.29, 0.717) is 21.0 Å². The fraction of sp³-hybridized carbons (Fsp3) is 0.0385. The molecule has 5 nitrogen and oxygen atoms in total. The van der Waals surface area contributed by atoms with Crippen LogP contribution in [0.3, 0.4) is 0 Å². The van der Waals surface area contributed by atoms with E-state index in [1.54, 1.807) is 41.3 Å². The number of amidine groups is 2. The van der Waals surface area contributed by atoms with E-state index in [2.05, 4.69) is 4.99 Å². The summed E-state index contributed by atoms with van der Waals surface area (Å²) in [5, 5.41) is 12.2. The van der Waals surface area contributed by atoms with Crippen molar-refractivity contribution >= 4 is 63.6 Å². The number of carbonyl (C=O) groups is 1. The number of aliphatic imine (C=N–C) groups is 1. The van der Waals surface area contributed by atoms with Crippen LogP contribution in [0.15, 0.2) is 88.8 Å². The van der Waals surface area contributed by atoms with Crippen molar-refractivity contribution in [1.82, 2.24) is 4.90 Å². The Labute approximate surface area is 210 Å². The average molecular weight is 506 g/mol. The van der Waals surface area contributed by atoms with Gasteiger partial charge in [-0.25, -0.2) is 0 Å². The van der Waals surface area contributed by atoms with Crippen molar-refractivity contribution < 1.29 is 9.53 Å². The van der Waals surface area contributed by atoms with Crippen molar-refractivity contribution in [1.29, 1.82) is 5.41 Å². The summed E-state index contributed by atoms with van der Waals surface area (Å²) in [5.74, 6) is 0.303. The minimum absolute atomic E-state index is 0.101. The summed E-state index contributed by atoms with van der Waals surface area (Å²) in [6.07, 6.45) is 1.67. The standard InChI is InChI=1S/C26H17Cl2N3O2S/c27-21-7-4-8-22(28)20(21)14-33-18-11-9-16(10-12-18)13-19-24(29)31-23(17-5-2-1-3-6-17)15-34-26(31)30-25(19)32/h1-13,15,29H,14H2/b19-13-,29-24?. The predicted octanol–water partition coefficient (Wildman–Crippen LogP) is 6.88. The molecule has 0 atom stereocenters. The first-order chi connectivity index (χ1) is 16.5. The molecule has 0 fully saturated rings.